The predicted octanol–water partition coefficient (Wildman–Crippen LogP) is 12.4. The van der Waals surface area contributed by atoms with E-state index in [0.29, 0.717) is 23.9 Å². The Labute approximate surface area is 373 Å². The second kappa shape index (κ2) is 42.9. The number of unbranched alkanes of at least 4 members (excludes halogenated alkanes) is 19. The number of esters is 2. The number of likely N-dealkylation sites (N-methyl/N-ethyl adjacent to an activating group) is 1. The number of aliphatic hydroxyl groups is 1. The molecule has 2 atom stereocenters. The van der Waals surface area contributed by atoms with Crippen molar-refractivity contribution in [1.29, 1.82) is 0 Å². The van der Waals surface area contributed by atoms with Gasteiger partial charge in [-0.15, -0.1) is 0 Å². The fourth-order valence-corrected chi connectivity index (χ4v) is 7.00. The van der Waals surface area contributed by atoms with E-state index in [9.17, 15) is 19.0 Å². The van der Waals surface area contributed by atoms with Crippen LogP contribution >= 0.6 is 7.82 Å². The van der Waals surface area contributed by atoms with Gasteiger partial charge in [-0.1, -0.05) is 151 Å². The summed E-state index contributed by atoms with van der Waals surface area (Å²) < 4.78 is 33.9. The molecule has 1 unspecified atom stereocenters. The van der Waals surface area contributed by atoms with Crippen molar-refractivity contribution in [3.63, 3.8) is 0 Å². The molecule has 0 bridgehead atoms. The zero-order chi connectivity index (χ0) is 45.0. The molecule has 0 fully saturated rings. The molecule has 11 heteroatoms. The lowest BCUT2D eigenvalue weighted by atomic mass is 10.1. The molecule has 10 nitrogen and oxygen atoms in total. The largest absolute Gasteiger partial charge is 0.756 e. The molecule has 0 aromatic rings. The maximum Gasteiger partial charge on any atom is 0.306 e. The first-order chi connectivity index (χ1) is 29.5. The standard InChI is InChI=1S/C50H90NO9P/c1-5-6-7-8-9-10-11-12-13-14-15-17-21-24-27-30-33-36-39-42-50(54)60-48(47-59-61(55,56)58-45-43-51(2,3)4)46-57-49(53)41-38-35-32-29-26-23-20-18-16-19-22-25-28-31-34-37-40-44-52/h12-13,16,19-20,23,25,28-29,32,48,52H,5-11,14-15,17-18,21-22,24,26-27,30-31,33-47H2,1-4H3/b13-12-,19-16-,23-20-,28-25-,32-29-/t48-/m1/s1. The highest BCUT2D eigenvalue weighted by Crippen LogP contribution is 2.38. The summed E-state index contributed by atoms with van der Waals surface area (Å²) in [5.74, 6) is -0.917. The number of rotatable bonds is 44. The van der Waals surface area contributed by atoms with Crippen LogP contribution in [-0.4, -0.2) is 81.7 Å². The van der Waals surface area contributed by atoms with Crippen LogP contribution in [0.3, 0.4) is 0 Å². The van der Waals surface area contributed by atoms with Crippen LogP contribution in [0.5, 0.6) is 0 Å². The minimum atomic E-state index is -4.65. The van der Waals surface area contributed by atoms with Gasteiger partial charge in [0.2, 0.25) is 0 Å². The van der Waals surface area contributed by atoms with Crippen molar-refractivity contribution in [2.24, 2.45) is 0 Å². The third-order valence-corrected chi connectivity index (χ3v) is 11.0. The number of quaternary nitrogens is 1. The van der Waals surface area contributed by atoms with Crippen molar-refractivity contribution in [2.75, 3.05) is 54.1 Å². The summed E-state index contributed by atoms with van der Waals surface area (Å²) in [6.45, 7) is 2.16. The Balaban J connectivity index is 4.38. The van der Waals surface area contributed by atoms with E-state index in [1.807, 2.05) is 27.2 Å². The highest BCUT2D eigenvalue weighted by molar-refractivity contribution is 7.45. The number of phosphoric acid groups is 1. The Morgan fingerprint density at radius 2 is 0.984 bits per heavy atom. The van der Waals surface area contributed by atoms with Crippen LogP contribution in [0.1, 0.15) is 187 Å². The van der Waals surface area contributed by atoms with E-state index in [-0.39, 0.29) is 32.7 Å². The van der Waals surface area contributed by atoms with Gasteiger partial charge in [0, 0.05) is 19.4 Å². The van der Waals surface area contributed by atoms with Crippen molar-refractivity contribution in [3.8, 4) is 0 Å². The first kappa shape index (κ1) is 58.7. The smallest absolute Gasteiger partial charge is 0.306 e. The number of nitrogens with zero attached hydrogens (tertiary/aromatic N) is 1. The summed E-state index contributed by atoms with van der Waals surface area (Å²) >= 11 is 0. The number of phosphoric ester groups is 1. The van der Waals surface area contributed by atoms with E-state index in [1.165, 1.54) is 83.5 Å². The predicted molar refractivity (Wildman–Crippen MR) is 251 cm³/mol. The SMILES string of the molecule is CCCCCCCC/C=C\CCCCCCCCCCCC(=O)O[C@H](COC(=O)CCC/C=C\C/C=C\C/C=C\C/C=C\CCCCCO)COP(=O)([O-])OCC[N+](C)(C)C. The van der Waals surface area contributed by atoms with Crippen LogP contribution in [-0.2, 0) is 32.7 Å². The molecule has 0 rings (SSSR count). The number of hydrogen-bond donors (Lipinski definition) is 1. The number of ether oxygens (including phenoxy) is 2. The van der Waals surface area contributed by atoms with Gasteiger partial charge in [-0.2, -0.15) is 0 Å². The summed E-state index contributed by atoms with van der Waals surface area (Å²) in [6, 6.07) is 0. The Morgan fingerprint density at radius 1 is 0.557 bits per heavy atom. The minimum absolute atomic E-state index is 0.0462. The average molecular weight is 880 g/mol. The maximum absolute atomic E-state index is 12.7. The Bertz CT molecular complexity index is 1220. The Kier molecular flexibility index (Phi) is 41.3. The van der Waals surface area contributed by atoms with Crippen LogP contribution in [0, 0.1) is 0 Å². The first-order valence-electron chi connectivity index (χ1n) is 24.1. The summed E-state index contributed by atoms with van der Waals surface area (Å²) in [4.78, 5) is 37.6. The van der Waals surface area contributed by atoms with E-state index < -0.39 is 32.5 Å². The molecule has 0 saturated heterocycles. The van der Waals surface area contributed by atoms with E-state index in [4.69, 9.17) is 23.6 Å². The quantitative estimate of drug-likeness (QED) is 0.0209. The monoisotopic (exact) mass is 880 g/mol. The molecule has 0 aromatic carbocycles. The highest BCUT2D eigenvalue weighted by atomic mass is 31.2. The molecule has 0 spiro atoms. The molecule has 0 aliphatic carbocycles. The average Bonchev–Trinajstić information content (AvgIpc) is 3.21. The van der Waals surface area contributed by atoms with Crippen molar-refractivity contribution < 1.29 is 47.2 Å². The van der Waals surface area contributed by atoms with E-state index in [2.05, 4.69) is 61.6 Å². The van der Waals surface area contributed by atoms with Crippen molar-refractivity contribution in [1.82, 2.24) is 0 Å². The van der Waals surface area contributed by atoms with Gasteiger partial charge in [0.15, 0.2) is 6.10 Å². The normalized spacial score (nSPS) is 14.0. The van der Waals surface area contributed by atoms with Crippen molar-refractivity contribution in [3.05, 3.63) is 60.8 Å². The number of hydrogen-bond acceptors (Lipinski definition) is 9. The lowest BCUT2D eigenvalue weighted by Gasteiger charge is -2.28. The third-order valence-electron chi connectivity index (χ3n) is 10.1. The fraction of sp³-hybridized carbons (Fsp3) is 0.760. The van der Waals surface area contributed by atoms with Crippen LogP contribution in [0.2, 0.25) is 0 Å². The van der Waals surface area contributed by atoms with Crippen molar-refractivity contribution >= 4 is 19.8 Å². The molecule has 0 aliphatic heterocycles. The fourth-order valence-electron chi connectivity index (χ4n) is 6.27. The van der Waals surface area contributed by atoms with Gasteiger partial charge >= 0.3 is 11.9 Å². The molecule has 1 N–H and O–H groups in total. The van der Waals surface area contributed by atoms with Gasteiger partial charge in [-0.3, -0.25) is 14.2 Å². The molecule has 0 heterocycles. The number of allylic oxidation sites excluding steroid dienone is 10. The van der Waals surface area contributed by atoms with E-state index in [1.54, 1.807) is 0 Å². The van der Waals surface area contributed by atoms with Gasteiger partial charge in [0.05, 0.1) is 27.7 Å². The number of aliphatic hydroxyl groups excluding tert-OH is 1. The second-order valence-corrected chi connectivity index (χ2v) is 18.6. The molecular weight excluding hydrogens is 790 g/mol. The first-order valence-corrected chi connectivity index (χ1v) is 25.6. The summed E-state index contributed by atoms with van der Waals surface area (Å²) in [5, 5.41) is 8.80. The second-order valence-electron chi connectivity index (χ2n) is 17.2. The molecule has 0 radical (unpaired) electrons. The topological polar surface area (TPSA) is 131 Å². The van der Waals surface area contributed by atoms with Gasteiger partial charge < -0.3 is 33.0 Å². The number of carbonyl (C=O) groups excluding carboxylic acids is 2. The lowest BCUT2D eigenvalue weighted by molar-refractivity contribution is -0.870. The van der Waals surface area contributed by atoms with Gasteiger partial charge in [0.25, 0.3) is 7.82 Å². The zero-order valence-corrected chi connectivity index (χ0v) is 40.2. The maximum atomic E-state index is 12.7. The van der Waals surface area contributed by atoms with E-state index >= 15 is 0 Å². The van der Waals surface area contributed by atoms with E-state index in [0.717, 1.165) is 70.6 Å². The van der Waals surface area contributed by atoms with Crippen LogP contribution in [0.25, 0.3) is 0 Å². The van der Waals surface area contributed by atoms with Gasteiger partial charge in [0.1, 0.15) is 19.8 Å². The van der Waals surface area contributed by atoms with Crippen LogP contribution < -0.4 is 4.89 Å². The summed E-state index contributed by atoms with van der Waals surface area (Å²) in [6.07, 6.45) is 49.8. The van der Waals surface area contributed by atoms with Crippen LogP contribution in [0.15, 0.2) is 60.8 Å². The van der Waals surface area contributed by atoms with Crippen LogP contribution in [0.4, 0.5) is 0 Å². The molecule has 0 aliphatic rings. The summed E-state index contributed by atoms with van der Waals surface area (Å²) in [7, 11) is 1.11. The molecular formula is C50H90NO9P. The number of carbonyl (C=O) groups is 2. The zero-order valence-electron chi connectivity index (χ0n) is 39.3. The minimum Gasteiger partial charge on any atom is -0.756 e. The van der Waals surface area contributed by atoms with Gasteiger partial charge in [-0.05, 0) is 83.5 Å². The summed E-state index contributed by atoms with van der Waals surface area (Å²) in [5.41, 5.74) is 0. The molecule has 0 aromatic heterocycles. The Hall–Kier alpha value is -2.33. The third kappa shape index (κ3) is 47.0. The molecule has 0 amide bonds. The molecule has 0 saturated carbocycles. The van der Waals surface area contributed by atoms with Crippen molar-refractivity contribution in [2.45, 2.75) is 193 Å². The lowest BCUT2D eigenvalue weighted by Crippen LogP contribution is -2.37. The Morgan fingerprint density at radius 3 is 1.49 bits per heavy atom. The highest BCUT2D eigenvalue weighted by Gasteiger charge is 2.21. The molecule has 61 heavy (non-hydrogen) atoms. The van der Waals surface area contributed by atoms with Gasteiger partial charge in [-0.25, -0.2) is 0 Å². The molecule has 354 valence electrons.